The summed E-state index contributed by atoms with van der Waals surface area (Å²) < 4.78 is 222. The summed E-state index contributed by atoms with van der Waals surface area (Å²) in [6, 6.07) is 0. The van der Waals surface area contributed by atoms with Crippen molar-refractivity contribution in [2.75, 3.05) is 0 Å². The maximum absolute atomic E-state index is 13.6. The van der Waals surface area contributed by atoms with Crippen molar-refractivity contribution in [3.05, 3.63) is 0 Å². The largest absolute Gasteiger partial charge is 0.479 e. The lowest BCUT2D eigenvalue weighted by atomic mass is 9.88. The lowest BCUT2D eigenvalue weighted by molar-refractivity contribution is -0.461. The Bertz CT molecular complexity index is 897. The fourth-order valence-corrected chi connectivity index (χ4v) is 2.57. The summed E-state index contributed by atoms with van der Waals surface area (Å²) in [4.78, 5) is 32.5. The molecule has 0 saturated heterocycles. The molecule has 0 aliphatic carbocycles. The zero-order chi connectivity index (χ0) is 30.4. The van der Waals surface area contributed by atoms with E-state index in [-0.39, 0.29) is 0 Å². The Morgan fingerprint density at radius 3 is 1.24 bits per heavy atom. The molecule has 0 aliphatic rings. The van der Waals surface area contributed by atoms with Gasteiger partial charge in [0.1, 0.15) is 0 Å². The highest BCUT2D eigenvalue weighted by atomic mass is 32.2. The number of halogens is 17. The quantitative estimate of drug-likeness (QED) is 0.253. The van der Waals surface area contributed by atoms with E-state index in [4.69, 9.17) is 10.2 Å². The smallest absolute Gasteiger partial charge is 0.460 e. The topological polar surface area (TPSA) is 91.7 Å². The summed E-state index contributed by atoms with van der Waals surface area (Å²) >= 11 is -1.02. The first-order valence-corrected chi connectivity index (χ1v) is 9.07. The normalized spacial score (nSPS) is 15.9. The lowest BCUT2D eigenvalue weighted by Crippen LogP contribution is -2.74. The molecule has 1 atom stereocenters. The highest BCUT2D eigenvalue weighted by molar-refractivity contribution is 8.26. The van der Waals surface area contributed by atoms with Gasteiger partial charge in [-0.15, -0.1) is 0 Å². The van der Waals surface area contributed by atoms with Crippen molar-refractivity contribution in [3.8, 4) is 0 Å². The Hall–Kier alpha value is -2.07. The van der Waals surface area contributed by atoms with Gasteiger partial charge in [-0.2, -0.15) is 74.6 Å². The van der Waals surface area contributed by atoms with E-state index in [1.165, 1.54) is 0 Å². The first kappa shape index (κ1) is 34.9. The van der Waals surface area contributed by atoms with Gasteiger partial charge in [-0.05, 0) is 11.8 Å². The molecule has 2 N–H and O–H groups in total. The van der Waals surface area contributed by atoms with E-state index in [1.807, 2.05) is 0 Å². The van der Waals surface area contributed by atoms with Crippen LogP contribution in [0.2, 0.25) is 0 Å². The average Bonchev–Trinajstić information content (AvgIpc) is 2.69. The number of alkyl halides is 17. The third-order valence-corrected chi connectivity index (χ3v) is 4.96. The first-order chi connectivity index (χ1) is 15.9. The van der Waals surface area contributed by atoms with Crippen molar-refractivity contribution in [2.45, 2.75) is 66.6 Å². The number of rotatable bonds is 11. The van der Waals surface area contributed by atoms with Crippen molar-refractivity contribution in [2.24, 2.45) is 0 Å². The minimum absolute atomic E-state index is 1.02. The third-order valence-electron chi connectivity index (χ3n) is 4.10. The predicted octanol–water partition coefficient (Wildman–Crippen LogP) is 5.01. The van der Waals surface area contributed by atoms with Crippen molar-refractivity contribution in [3.63, 3.8) is 0 Å². The van der Waals surface area contributed by atoms with Gasteiger partial charge in [0.2, 0.25) is 11.2 Å². The van der Waals surface area contributed by atoms with Gasteiger partial charge in [0, 0.05) is 12.8 Å². The molecule has 0 aromatic heterocycles. The minimum atomic E-state index is -8.78. The second kappa shape index (κ2) is 9.91. The van der Waals surface area contributed by atoms with Gasteiger partial charge >= 0.3 is 53.6 Å². The molecule has 0 heterocycles. The average molecular weight is 610 g/mol. The second-order valence-electron chi connectivity index (χ2n) is 6.68. The summed E-state index contributed by atoms with van der Waals surface area (Å²) in [5.41, 5.74) is 0. The number of aliphatic carboxylic acids is 1. The van der Waals surface area contributed by atoms with Gasteiger partial charge in [-0.1, -0.05) is 0 Å². The standard InChI is InChI=1S/C14H7F17O5S/c15-7(16,2-1-3(32)37-6(36)4(33)5(34)35)8(17,18)9(19,20)10(21,22)11(23,24)12(25,26)13(27,28)14(29,30)31/h4,33H,1-2H2,(H,34,35). The van der Waals surface area contributed by atoms with Crippen LogP contribution in [-0.4, -0.2) is 80.2 Å². The number of carbonyl (C=O) groups is 3. The molecule has 0 bridgehead atoms. The molecule has 5 nitrogen and oxygen atoms in total. The summed E-state index contributed by atoms with van der Waals surface area (Å²) in [5.74, 6) is -60.2. The molecule has 0 fully saturated rings. The third kappa shape index (κ3) is 5.55. The van der Waals surface area contributed by atoms with E-state index in [0.29, 0.717) is 0 Å². The summed E-state index contributed by atoms with van der Waals surface area (Å²) in [6.07, 6.45) is -16.3. The number of aliphatic hydroxyl groups is 1. The Balaban J connectivity index is 6.23. The number of carboxylic acids is 1. The molecule has 1 unspecified atom stereocenters. The van der Waals surface area contributed by atoms with Crippen molar-refractivity contribution >= 4 is 28.0 Å². The molecule has 0 radical (unpaired) electrons. The number of thioether (sulfide) groups is 1. The molecule has 0 aromatic rings. The van der Waals surface area contributed by atoms with Crippen molar-refractivity contribution < 1.29 is 99.2 Å². The van der Waals surface area contributed by atoms with Gasteiger partial charge in [0.05, 0.1) is 0 Å². The van der Waals surface area contributed by atoms with E-state index in [0.717, 1.165) is 0 Å². The highest BCUT2D eigenvalue weighted by Crippen LogP contribution is 2.64. The summed E-state index contributed by atoms with van der Waals surface area (Å²) in [6.45, 7) is 0. The van der Waals surface area contributed by atoms with Crippen LogP contribution in [0.3, 0.4) is 0 Å². The van der Waals surface area contributed by atoms with E-state index in [1.54, 1.807) is 0 Å². The maximum atomic E-state index is 13.6. The Morgan fingerprint density at radius 1 is 0.595 bits per heavy atom. The lowest BCUT2D eigenvalue weighted by Gasteiger charge is -2.42. The van der Waals surface area contributed by atoms with Gasteiger partial charge < -0.3 is 10.2 Å². The maximum Gasteiger partial charge on any atom is 0.460 e. The Kier molecular flexibility index (Phi) is 9.36. The molecule has 0 saturated carbocycles. The molecular formula is C14H7F17O5S. The predicted molar refractivity (Wildman–Crippen MR) is 81.2 cm³/mol. The molecular weight excluding hydrogens is 603 g/mol. The van der Waals surface area contributed by atoms with E-state index in [9.17, 15) is 89.0 Å². The molecule has 0 aliphatic heterocycles. The molecule has 0 aromatic carbocycles. The van der Waals surface area contributed by atoms with Crippen molar-refractivity contribution in [1.29, 1.82) is 0 Å². The van der Waals surface area contributed by atoms with Crippen LogP contribution in [0, 0.1) is 0 Å². The van der Waals surface area contributed by atoms with Crippen LogP contribution < -0.4 is 0 Å². The minimum Gasteiger partial charge on any atom is -0.479 e. The number of carboxylic acid groups (broad SMARTS) is 1. The second-order valence-corrected chi connectivity index (χ2v) is 7.74. The fraction of sp³-hybridized carbons (Fsp3) is 0.786. The fourth-order valence-electron chi connectivity index (χ4n) is 1.93. The van der Waals surface area contributed by atoms with Crippen LogP contribution in [0.4, 0.5) is 74.6 Å². The van der Waals surface area contributed by atoms with Crippen molar-refractivity contribution in [1.82, 2.24) is 0 Å². The van der Waals surface area contributed by atoms with Crippen LogP contribution in [-0.2, 0) is 14.4 Å². The van der Waals surface area contributed by atoms with Crippen LogP contribution in [0.15, 0.2) is 0 Å². The number of aliphatic hydroxyl groups excluding tert-OH is 1. The van der Waals surface area contributed by atoms with Gasteiger partial charge in [0.15, 0.2) is 5.12 Å². The van der Waals surface area contributed by atoms with E-state index >= 15 is 0 Å². The molecule has 37 heavy (non-hydrogen) atoms. The first-order valence-electron chi connectivity index (χ1n) is 8.25. The van der Waals surface area contributed by atoms with Crippen LogP contribution in [0.1, 0.15) is 12.8 Å². The zero-order valence-electron chi connectivity index (χ0n) is 16.4. The Morgan fingerprint density at radius 2 is 0.919 bits per heavy atom. The van der Waals surface area contributed by atoms with E-state index in [2.05, 4.69) is 0 Å². The van der Waals surface area contributed by atoms with E-state index < -0.39 is 94.5 Å². The molecule has 0 rings (SSSR count). The summed E-state index contributed by atoms with van der Waals surface area (Å²) in [5, 5.41) is 12.7. The van der Waals surface area contributed by atoms with Crippen LogP contribution in [0.25, 0.3) is 0 Å². The number of hydrogen-bond donors (Lipinski definition) is 2. The van der Waals surface area contributed by atoms with Gasteiger partial charge in [-0.3, -0.25) is 9.59 Å². The van der Waals surface area contributed by atoms with Gasteiger partial charge in [-0.25, -0.2) is 4.79 Å². The Labute approximate surface area is 194 Å². The zero-order valence-corrected chi connectivity index (χ0v) is 17.3. The van der Waals surface area contributed by atoms with Crippen LogP contribution in [0.5, 0.6) is 0 Å². The van der Waals surface area contributed by atoms with Gasteiger partial charge in [0.25, 0.3) is 0 Å². The SMILES string of the molecule is O=C(CCC(F)(F)C(F)(F)C(F)(F)C(F)(F)C(F)(F)C(F)(F)C(F)(F)C(F)(F)F)SC(=O)C(O)C(=O)O. The van der Waals surface area contributed by atoms with Crippen LogP contribution >= 0.6 is 11.8 Å². The monoisotopic (exact) mass is 610 g/mol. The molecule has 218 valence electrons. The number of hydrogen-bond acceptors (Lipinski definition) is 5. The number of carbonyl (C=O) groups excluding carboxylic acids is 2. The molecule has 0 spiro atoms. The molecule has 0 amide bonds. The molecule has 23 heteroatoms. The summed E-state index contributed by atoms with van der Waals surface area (Å²) in [7, 11) is 0. The highest BCUT2D eigenvalue weighted by Gasteiger charge is 2.95.